The van der Waals surface area contributed by atoms with Crippen LogP contribution in [-0.2, 0) is 6.54 Å². The Kier molecular flexibility index (Phi) is 2.21. The second-order valence-corrected chi connectivity index (χ2v) is 3.13. The normalized spacial score (nSPS) is 10.2. The Morgan fingerprint density at radius 2 is 2.33 bits per heavy atom. The lowest BCUT2D eigenvalue weighted by Crippen LogP contribution is -2.00. The van der Waals surface area contributed by atoms with Crippen LogP contribution in [0.4, 0.5) is 0 Å². The van der Waals surface area contributed by atoms with Gasteiger partial charge in [-0.1, -0.05) is 0 Å². The molecule has 2 aromatic rings. The minimum Gasteiger partial charge on any atom is -0.444 e. The number of hydrogen-bond acceptors (Lipinski definition) is 5. The molecule has 0 aliphatic rings. The molecule has 0 spiro atoms. The molecule has 0 bridgehead atoms. The summed E-state index contributed by atoms with van der Waals surface area (Å²) >= 11 is 0. The van der Waals surface area contributed by atoms with E-state index in [0.29, 0.717) is 12.4 Å². The highest BCUT2D eigenvalue weighted by atomic mass is 16.4. The van der Waals surface area contributed by atoms with Gasteiger partial charge in [0.05, 0.1) is 5.69 Å². The van der Waals surface area contributed by atoms with E-state index in [1.165, 1.54) is 11.0 Å². The standard InChI is InChI=1S/C9H9N5O/c1-6-7(2)15-9(12-6)4-14-5-11-8(3-10)13-14/h5H,4H2,1-2H3. The van der Waals surface area contributed by atoms with Crippen molar-refractivity contribution in [3.8, 4) is 6.07 Å². The van der Waals surface area contributed by atoms with E-state index in [-0.39, 0.29) is 5.82 Å². The van der Waals surface area contributed by atoms with Crippen LogP contribution in [0.25, 0.3) is 0 Å². The minimum atomic E-state index is 0.148. The van der Waals surface area contributed by atoms with Gasteiger partial charge in [0.25, 0.3) is 5.82 Å². The average molecular weight is 203 g/mol. The summed E-state index contributed by atoms with van der Waals surface area (Å²) in [7, 11) is 0. The zero-order valence-corrected chi connectivity index (χ0v) is 8.43. The lowest BCUT2D eigenvalue weighted by atomic mass is 10.4. The fourth-order valence-electron chi connectivity index (χ4n) is 1.17. The summed E-state index contributed by atoms with van der Waals surface area (Å²) in [6.07, 6.45) is 1.48. The zero-order chi connectivity index (χ0) is 10.8. The minimum absolute atomic E-state index is 0.148. The van der Waals surface area contributed by atoms with Crippen LogP contribution in [0.2, 0.25) is 0 Å². The Balaban J connectivity index is 2.18. The third-order valence-electron chi connectivity index (χ3n) is 2.01. The Morgan fingerprint density at radius 1 is 1.53 bits per heavy atom. The van der Waals surface area contributed by atoms with E-state index in [1.807, 2.05) is 19.9 Å². The van der Waals surface area contributed by atoms with Crippen molar-refractivity contribution < 1.29 is 4.42 Å². The molecule has 0 N–H and O–H groups in total. The average Bonchev–Trinajstić information content (AvgIpc) is 2.76. The van der Waals surface area contributed by atoms with Crippen LogP contribution >= 0.6 is 0 Å². The van der Waals surface area contributed by atoms with Crippen molar-refractivity contribution in [2.45, 2.75) is 20.4 Å². The van der Waals surface area contributed by atoms with Gasteiger partial charge in [0.15, 0.2) is 0 Å². The molecule has 0 saturated carbocycles. The van der Waals surface area contributed by atoms with E-state index in [2.05, 4.69) is 15.1 Å². The molecule has 0 atom stereocenters. The number of rotatable bonds is 2. The van der Waals surface area contributed by atoms with Gasteiger partial charge in [-0.25, -0.2) is 14.6 Å². The SMILES string of the molecule is Cc1nc(Cn2cnc(C#N)n2)oc1C. The highest BCUT2D eigenvalue weighted by molar-refractivity contribution is 5.07. The monoisotopic (exact) mass is 203 g/mol. The summed E-state index contributed by atoms with van der Waals surface area (Å²) < 4.78 is 6.90. The Bertz CT molecular complexity index is 499. The molecule has 2 aromatic heterocycles. The van der Waals surface area contributed by atoms with Gasteiger partial charge in [0.2, 0.25) is 5.89 Å². The summed E-state index contributed by atoms with van der Waals surface area (Å²) in [5.41, 5.74) is 0.866. The second-order valence-electron chi connectivity index (χ2n) is 3.13. The first-order chi connectivity index (χ1) is 7.19. The van der Waals surface area contributed by atoms with Gasteiger partial charge in [-0.15, -0.1) is 5.10 Å². The van der Waals surface area contributed by atoms with Crippen molar-refractivity contribution in [1.29, 1.82) is 5.26 Å². The smallest absolute Gasteiger partial charge is 0.252 e. The highest BCUT2D eigenvalue weighted by Crippen LogP contribution is 2.08. The molecule has 76 valence electrons. The van der Waals surface area contributed by atoms with E-state index >= 15 is 0 Å². The first kappa shape index (κ1) is 9.40. The van der Waals surface area contributed by atoms with Crippen LogP contribution in [0.1, 0.15) is 23.2 Å². The molecule has 0 radical (unpaired) electrons. The molecule has 0 aliphatic heterocycles. The fourth-order valence-corrected chi connectivity index (χ4v) is 1.17. The van der Waals surface area contributed by atoms with E-state index in [9.17, 15) is 0 Å². The maximum atomic E-state index is 8.54. The Labute approximate surface area is 86.2 Å². The maximum Gasteiger partial charge on any atom is 0.252 e. The van der Waals surface area contributed by atoms with Crippen LogP contribution in [0.5, 0.6) is 0 Å². The molecule has 0 fully saturated rings. The lowest BCUT2D eigenvalue weighted by Gasteiger charge is -1.93. The van der Waals surface area contributed by atoms with Gasteiger partial charge in [-0.2, -0.15) is 5.26 Å². The third kappa shape index (κ3) is 1.86. The molecule has 0 aromatic carbocycles. The Morgan fingerprint density at radius 3 is 2.87 bits per heavy atom. The van der Waals surface area contributed by atoms with E-state index in [1.54, 1.807) is 0 Å². The van der Waals surface area contributed by atoms with Crippen LogP contribution in [0.15, 0.2) is 10.7 Å². The fraction of sp³-hybridized carbons (Fsp3) is 0.333. The summed E-state index contributed by atoms with van der Waals surface area (Å²) in [6, 6.07) is 1.86. The summed E-state index contributed by atoms with van der Waals surface area (Å²) in [6.45, 7) is 4.13. The van der Waals surface area contributed by atoms with Crippen molar-refractivity contribution in [2.75, 3.05) is 0 Å². The molecule has 2 rings (SSSR count). The van der Waals surface area contributed by atoms with Crippen molar-refractivity contribution in [1.82, 2.24) is 19.7 Å². The number of nitrogens with zero attached hydrogens (tertiary/aromatic N) is 5. The van der Waals surface area contributed by atoms with Crippen LogP contribution in [-0.4, -0.2) is 19.7 Å². The van der Waals surface area contributed by atoms with Crippen LogP contribution in [0, 0.1) is 25.2 Å². The topological polar surface area (TPSA) is 80.5 Å². The molecular weight excluding hydrogens is 194 g/mol. The predicted molar refractivity (Wildman–Crippen MR) is 49.8 cm³/mol. The number of aryl methyl sites for hydroxylation is 2. The molecule has 6 nitrogen and oxygen atoms in total. The van der Waals surface area contributed by atoms with Gasteiger partial charge in [-0.05, 0) is 13.8 Å². The van der Waals surface area contributed by atoms with Gasteiger partial charge in [-0.3, -0.25) is 0 Å². The molecular formula is C9H9N5O. The first-order valence-corrected chi connectivity index (χ1v) is 4.41. The second kappa shape index (κ2) is 3.53. The molecule has 0 amide bonds. The highest BCUT2D eigenvalue weighted by Gasteiger charge is 2.07. The van der Waals surface area contributed by atoms with Gasteiger partial charge >= 0.3 is 0 Å². The lowest BCUT2D eigenvalue weighted by molar-refractivity contribution is 0.445. The van der Waals surface area contributed by atoms with Crippen molar-refractivity contribution >= 4 is 0 Å². The first-order valence-electron chi connectivity index (χ1n) is 4.41. The van der Waals surface area contributed by atoms with Gasteiger partial charge < -0.3 is 4.42 Å². The summed E-state index contributed by atoms with van der Waals surface area (Å²) in [5, 5.41) is 12.4. The summed E-state index contributed by atoms with van der Waals surface area (Å²) in [5.74, 6) is 1.51. The molecule has 2 heterocycles. The van der Waals surface area contributed by atoms with Gasteiger partial charge in [0.1, 0.15) is 24.7 Å². The third-order valence-corrected chi connectivity index (χ3v) is 2.01. The van der Waals surface area contributed by atoms with Crippen molar-refractivity contribution in [3.63, 3.8) is 0 Å². The van der Waals surface area contributed by atoms with E-state index < -0.39 is 0 Å². The van der Waals surface area contributed by atoms with Crippen LogP contribution in [0.3, 0.4) is 0 Å². The number of aromatic nitrogens is 4. The van der Waals surface area contributed by atoms with E-state index in [4.69, 9.17) is 9.68 Å². The molecule has 6 heteroatoms. The zero-order valence-electron chi connectivity index (χ0n) is 8.43. The largest absolute Gasteiger partial charge is 0.444 e. The molecule has 15 heavy (non-hydrogen) atoms. The molecule has 0 unspecified atom stereocenters. The molecule has 0 saturated heterocycles. The van der Waals surface area contributed by atoms with Crippen molar-refractivity contribution in [3.05, 3.63) is 29.5 Å². The predicted octanol–water partition coefficient (Wildman–Crippen LogP) is 0.803. The van der Waals surface area contributed by atoms with Crippen LogP contribution < -0.4 is 0 Å². The molecule has 0 aliphatic carbocycles. The maximum absolute atomic E-state index is 8.54. The Hall–Kier alpha value is -2.16. The summed E-state index contributed by atoms with van der Waals surface area (Å²) in [4.78, 5) is 7.98. The number of hydrogen-bond donors (Lipinski definition) is 0. The van der Waals surface area contributed by atoms with Gasteiger partial charge in [0, 0.05) is 0 Å². The number of nitriles is 1. The van der Waals surface area contributed by atoms with Crippen molar-refractivity contribution in [2.24, 2.45) is 0 Å². The quantitative estimate of drug-likeness (QED) is 0.721. The number of oxazole rings is 1. The van der Waals surface area contributed by atoms with E-state index in [0.717, 1.165) is 11.5 Å².